The lowest BCUT2D eigenvalue weighted by molar-refractivity contribution is 0.0946. The summed E-state index contributed by atoms with van der Waals surface area (Å²) in [6, 6.07) is 7.91. The number of nitrogens with one attached hydrogen (secondary N) is 2. The van der Waals surface area contributed by atoms with Crippen LogP contribution in [-0.2, 0) is 16.4 Å². The number of anilines is 1. The fourth-order valence-electron chi connectivity index (χ4n) is 2.22. The number of amides is 1. The van der Waals surface area contributed by atoms with Gasteiger partial charge in [0.15, 0.2) is 0 Å². The number of rotatable bonds is 9. The zero-order valence-corrected chi connectivity index (χ0v) is 16.2. The molecule has 0 saturated heterocycles. The molecule has 1 aromatic carbocycles. The number of aromatic nitrogens is 2. The van der Waals surface area contributed by atoms with E-state index in [1.165, 1.54) is 18.3 Å². The molecule has 0 radical (unpaired) electrons. The summed E-state index contributed by atoms with van der Waals surface area (Å²) >= 11 is 0. The van der Waals surface area contributed by atoms with E-state index < -0.39 is 10.0 Å². The molecule has 2 rings (SSSR count). The summed E-state index contributed by atoms with van der Waals surface area (Å²) in [5, 5.41) is 10.9. The van der Waals surface area contributed by atoms with Crippen molar-refractivity contribution in [1.82, 2.24) is 20.2 Å². The van der Waals surface area contributed by atoms with Gasteiger partial charge < -0.3 is 15.5 Å². The van der Waals surface area contributed by atoms with Gasteiger partial charge in [0.1, 0.15) is 5.69 Å². The van der Waals surface area contributed by atoms with Crippen molar-refractivity contribution in [3.63, 3.8) is 0 Å². The molecule has 27 heavy (non-hydrogen) atoms. The number of benzene rings is 1. The molecule has 1 amide bonds. The van der Waals surface area contributed by atoms with Gasteiger partial charge in [-0.2, -0.15) is 0 Å². The standard InChI is InChI=1S/C17H24N6O3S/c1-23(2)12-11-19-16(24)15-8-10-21-17(22-15)20-9-7-13-3-5-14(6-4-13)27(18,25)26/h3-6,8,10H,7,9,11-12H2,1-2H3,(H,19,24)(H2,18,25,26)(H,20,21,22). The maximum atomic E-state index is 12.1. The number of carbonyl (C=O) groups is 1. The van der Waals surface area contributed by atoms with Crippen molar-refractivity contribution in [2.45, 2.75) is 11.3 Å². The minimum Gasteiger partial charge on any atom is -0.354 e. The number of hydrogen-bond donors (Lipinski definition) is 3. The Balaban J connectivity index is 1.86. The van der Waals surface area contributed by atoms with E-state index in [9.17, 15) is 13.2 Å². The van der Waals surface area contributed by atoms with Crippen molar-refractivity contribution in [2.24, 2.45) is 5.14 Å². The van der Waals surface area contributed by atoms with Crippen molar-refractivity contribution < 1.29 is 13.2 Å². The first-order valence-electron chi connectivity index (χ1n) is 8.37. The topological polar surface area (TPSA) is 130 Å². The number of likely N-dealkylation sites (N-methyl/N-ethyl adjacent to an activating group) is 1. The van der Waals surface area contributed by atoms with Crippen LogP contribution in [0.5, 0.6) is 0 Å². The summed E-state index contributed by atoms with van der Waals surface area (Å²) in [7, 11) is 0.180. The average Bonchev–Trinajstić information content (AvgIpc) is 2.61. The lowest BCUT2D eigenvalue weighted by Gasteiger charge is -2.10. The van der Waals surface area contributed by atoms with Gasteiger partial charge in [-0.1, -0.05) is 12.1 Å². The van der Waals surface area contributed by atoms with Crippen molar-refractivity contribution in [2.75, 3.05) is 39.0 Å². The van der Waals surface area contributed by atoms with Gasteiger partial charge in [0.2, 0.25) is 16.0 Å². The van der Waals surface area contributed by atoms with Crippen LogP contribution >= 0.6 is 0 Å². The van der Waals surface area contributed by atoms with E-state index in [2.05, 4.69) is 20.6 Å². The highest BCUT2D eigenvalue weighted by molar-refractivity contribution is 7.89. The molecule has 1 aromatic heterocycles. The second kappa shape index (κ2) is 9.40. The normalized spacial score (nSPS) is 11.4. The van der Waals surface area contributed by atoms with Gasteiger partial charge in [0, 0.05) is 25.8 Å². The number of sulfonamides is 1. The molecule has 146 valence electrons. The van der Waals surface area contributed by atoms with Gasteiger partial charge in [-0.3, -0.25) is 4.79 Å². The zero-order valence-electron chi connectivity index (χ0n) is 15.3. The van der Waals surface area contributed by atoms with Crippen LogP contribution < -0.4 is 15.8 Å². The summed E-state index contributed by atoms with van der Waals surface area (Å²) in [5.41, 5.74) is 1.23. The van der Waals surface area contributed by atoms with E-state index in [-0.39, 0.29) is 10.8 Å². The van der Waals surface area contributed by atoms with Crippen LogP contribution in [0.25, 0.3) is 0 Å². The number of nitrogens with zero attached hydrogens (tertiary/aromatic N) is 3. The molecule has 2 aromatic rings. The first-order valence-corrected chi connectivity index (χ1v) is 9.92. The van der Waals surface area contributed by atoms with Crippen LogP contribution in [0.3, 0.4) is 0 Å². The van der Waals surface area contributed by atoms with Crippen molar-refractivity contribution in [1.29, 1.82) is 0 Å². The maximum Gasteiger partial charge on any atom is 0.270 e. The number of hydrogen-bond acceptors (Lipinski definition) is 7. The Hall–Kier alpha value is -2.56. The highest BCUT2D eigenvalue weighted by Gasteiger charge is 2.09. The molecule has 9 nitrogen and oxygen atoms in total. The molecule has 1 heterocycles. The average molecular weight is 392 g/mol. The van der Waals surface area contributed by atoms with Gasteiger partial charge in [-0.15, -0.1) is 0 Å². The van der Waals surface area contributed by atoms with E-state index >= 15 is 0 Å². The van der Waals surface area contributed by atoms with Crippen molar-refractivity contribution >= 4 is 21.9 Å². The molecule has 0 fully saturated rings. The van der Waals surface area contributed by atoms with Crippen molar-refractivity contribution in [3.8, 4) is 0 Å². The fourth-order valence-corrected chi connectivity index (χ4v) is 2.73. The summed E-state index contributed by atoms with van der Waals surface area (Å²) in [6.07, 6.45) is 2.16. The van der Waals surface area contributed by atoms with E-state index in [1.54, 1.807) is 18.2 Å². The van der Waals surface area contributed by atoms with Gasteiger partial charge >= 0.3 is 0 Å². The van der Waals surface area contributed by atoms with Gasteiger partial charge in [0.05, 0.1) is 4.90 Å². The van der Waals surface area contributed by atoms with Crippen molar-refractivity contribution in [3.05, 3.63) is 47.8 Å². The minimum absolute atomic E-state index is 0.0792. The molecular weight excluding hydrogens is 368 g/mol. The highest BCUT2D eigenvalue weighted by atomic mass is 32.2. The van der Waals surface area contributed by atoms with Gasteiger partial charge in [-0.25, -0.2) is 23.5 Å². The molecule has 0 atom stereocenters. The quantitative estimate of drug-likeness (QED) is 0.550. The molecule has 0 aliphatic rings. The molecule has 4 N–H and O–H groups in total. The lowest BCUT2D eigenvalue weighted by Crippen LogP contribution is -2.32. The third-order valence-corrected chi connectivity index (χ3v) is 4.61. The first kappa shape index (κ1) is 20.7. The maximum absolute atomic E-state index is 12.1. The van der Waals surface area contributed by atoms with Crippen LogP contribution in [0.1, 0.15) is 16.1 Å². The van der Waals surface area contributed by atoms with Crippen LogP contribution in [0.15, 0.2) is 41.4 Å². The van der Waals surface area contributed by atoms with E-state index in [0.29, 0.717) is 31.2 Å². The predicted molar refractivity (Wildman–Crippen MR) is 103 cm³/mol. The summed E-state index contributed by atoms with van der Waals surface area (Å²) < 4.78 is 22.5. The molecule has 10 heteroatoms. The monoisotopic (exact) mass is 392 g/mol. The summed E-state index contributed by atoms with van der Waals surface area (Å²) in [4.78, 5) is 22.4. The highest BCUT2D eigenvalue weighted by Crippen LogP contribution is 2.09. The molecule has 0 saturated carbocycles. The van der Waals surface area contributed by atoms with E-state index in [1.807, 2.05) is 19.0 Å². The van der Waals surface area contributed by atoms with Crippen LogP contribution in [0.4, 0.5) is 5.95 Å². The van der Waals surface area contributed by atoms with Crippen LogP contribution in [-0.4, -0.2) is 62.9 Å². The lowest BCUT2D eigenvalue weighted by atomic mass is 10.1. The minimum atomic E-state index is -3.68. The Labute approximate surface area is 159 Å². The first-order chi connectivity index (χ1) is 12.8. The summed E-state index contributed by atoms with van der Waals surface area (Å²) in [6.45, 7) is 1.81. The van der Waals surface area contributed by atoms with Crippen LogP contribution in [0.2, 0.25) is 0 Å². The zero-order chi connectivity index (χ0) is 19.9. The predicted octanol–water partition coefficient (Wildman–Crippen LogP) is 0.0700. The molecule has 0 spiro atoms. The van der Waals surface area contributed by atoms with E-state index in [4.69, 9.17) is 5.14 Å². The third kappa shape index (κ3) is 6.93. The number of nitrogens with two attached hydrogens (primary N) is 1. The Morgan fingerprint density at radius 1 is 1.15 bits per heavy atom. The van der Waals surface area contributed by atoms with Crippen LogP contribution in [0, 0.1) is 0 Å². The van der Waals surface area contributed by atoms with Gasteiger partial charge in [0.25, 0.3) is 5.91 Å². The number of carbonyl (C=O) groups excluding carboxylic acids is 1. The molecular formula is C17H24N6O3S. The molecule has 0 aliphatic carbocycles. The SMILES string of the molecule is CN(C)CCNC(=O)c1ccnc(NCCc2ccc(S(N)(=O)=O)cc2)n1. The Kier molecular flexibility index (Phi) is 7.22. The third-order valence-electron chi connectivity index (χ3n) is 3.68. The molecule has 0 aliphatic heterocycles. The Bertz CT molecular complexity index is 868. The summed E-state index contributed by atoms with van der Waals surface area (Å²) in [5.74, 6) is 0.109. The molecule has 0 bridgehead atoms. The fraction of sp³-hybridized carbons (Fsp3) is 0.353. The largest absolute Gasteiger partial charge is 0.354 e. The molecule has 0 unspecified atom stereocenters. The van der Waals surface area contributed by atoms with E-state index in [0.717, 1.165) is 12.1 Å². The second-order valence-electron chi connectivity index (χ2n) is 6.19. The second-order valence-corrected chi connectivity index (χ2v) is 7.75. The smallest absolute Gasteiger partial charge is 0.270 e. The Morgan fingerprint density at radius 3 is 2.48 bits per heavy atom. The Morgan fingerprint density at radius 2 is 1.85 bits per heavy atom. The number of primary sulfonamides is 1. The van der Waals surface area contributed by atoms with Gasteiger partial charge in [-0.05, 0) is 44.3 Å².